The SMILES string of the molecule is CC(=O)Nc1ccc2c(c1[N+](=O)[O-])C(=O)CC1(CCCC1)O2. The van der Waals surface area contributed by atoms with Gasteiger partial charge in [-0.25, -0.2) is 0 Å². The molecule has 1 fully saturated rings. The molecule has 0 saturated heterocycles. The molecule has 0 radical (unpaired) electrons. The Bertz CT molecular complexity index is 677. The third-order valence-electron chi connectivity index (χ3n) is 4.24. The van der Waals surface area contributed by atoms with Gasteiger partial charge in [-0.15, -0.1) is 0 Å². The van der Waals surface area contributed by atoms with Gasteiger partial charge in [-0.2, -0.15) is 0 Å². The van der Waals surface area contributed by atoms with Crippen LogP contribution in [0.15, 0.2) is 12.1 Å². The van der Waals surface area contributed by atoms with Crippen LogP contribution in [0.5, 0.6) is 5.75 Å². The number of Topliss-reactive ketones (excluding diaryl/α,β-unsaturated/α-hetero) is 1. The summed E-state index contributed by atoms with van der Waals surface area (Å²) in [6.45, 7) is 1.26. The maximum atomic E-state index is 12.5. The molecule has 1 saturated carbocycles. The zero-order valence-electron chi connectivity index (χ0n) is 12.2. The van der Waals surface area contributed by atoms with E-state index in [2.05, 4.69) is 5.32 Å². The van der Waals surface area contributed by atoms with Crippen molar-refractivity contribution in [3.63, 3.8) is 0 Å². The van der Waals surface area contributed by atoms with E-state index >= 15 is 0 Å². The van der Waals surface area contributed by atoms with Crippen LogP contribution >= 0.6 is 0 Å². The van der Waals surface area contributed by atoms with Gasteiger partial charge < -0.3 is 10.1 Å². The van der Waals surface area contributed by atoms with Crippen molar-refractivity contribution in [3.8, 4) is 5.75 Å². The molecule has 7 nitrogen and oxygen atoms in total. The first kappa shape index (κ1) is 14.5. The number of anilines is 1. The molecule has 1 aliphatic heterocycles. The fourth-order valence-corrected chi connectivity index (χ4v) is 3.36. The number of carbonyl (C=O) groups is 2. The van der Waals surface area contributed by atoms with Gasteiger partial charge in [0.1, 0.15) is 22.6 Å². The van der Waals surface area contributed by atoms with E-state index in [9.17, 15) is 19.7 Å². The molecule has 22 heavy (non-hydrogen) atoms. The van der Waals surface area contributed by atoms with Crippen molar-refractivity contribution in [2.75, 3.05) is 5.32 Å². The minimum absolute atomic E-state index is 0.0237. The molecule has 1 spiro atoms. The smallest absolute Gasteiger partial charge is 0.307 e. The largest absolute Gasteiger partial charge is 0.486 e. The number of carbonyl (C=O) groups excluding carboxylic acids is 2. The Balaban J connectivity index is 2.10. The topological polar surface area (TPSA) is 98.5 Å². The number of nitrogens with one attached hydrogen (secondary N) is 1. The third-order valence-corrected chi connectivity index (χ3v) is 4.24. The number of amides is 1. The summed E-state index contributed by atoms with van der Waals surface area (Å²) in [5, 5.41) is 13.8. The van der Waals surface area contributed by atoms with E-state index in [-0.39, 0.29) is 34.9 Å². The fraction of sp³-hybridized carbons (Fsp3) is 0.467. The number of hydrogen-bond donors (Lipinski definition) is 1. The summed E-state index contributed by atoms with van der Waals surface area (Å²) in [5.41, 5.74) is -0.900. The number of ketones is 1. The Morgan fingerprint density at radius 2 is 2.05 bits per heavy atom. The number of benzene rings is 1. The molecule has 0 unspecified atom stereocenters. The second-order valence-electron chi connectivity index (χ2n) is 5.87. The molecule has 0 bridgehead atoms. The molecule has 1 aromatic carbocycles. The minimum atomic E-state index is -0.641. The Morgan fingerprint density at radius 1 is 1.36 bits per heavy atom. The average Bonchev–Trinajstić information content (AvgIpc) is 2.86. The van der Waals surface area contributed by atoms with E-state index in [4.69, 9.17) is 4.74 Å². The molecule has 1 amide bonds. The molecular weight excluding hydrogens is 288 g/mol. The van der Waals surface area contributed by atoms with Crippen LogP contribution in [0.3, 0.4) is 0 Å². The van der Waals surface area contributed by atoms with Crippen LogP contribution in [0.25, 0.3) is 0 Å². The maximum Gasteiger partial charge on any atom is 0.307 e. The average molecular weight is 304 g/mol. The van der Waals surface area contributed by atoms with Gasteiger partial charge in [0.2, 0.25) is 5.91 Å². The van der Waals surface area contributed by atoms with Crippen molar-refractivity contribution in [2.45, 2.75) is 44.6 Å². The summed E-state index contributed by atoms with van der Waals surface area (Å²) < 4.78 is 5.96. The molecule has 3 rings (SSSR count). The van der Waals surface area contributed by atoms with Gasteiger partial charge in [-0.1, -0.05) is 0 Å². The third kappa shape index (κ3) is 2.32. The molecule has 2 aliphatic rings. The van der Waals surface area contributed by atoms with Crippen molar-refractivity contribution in [3.05, 3.63) is 27.8 Å². The second kappa shape index (κ2) is 5.08. The first-order valence-corrected chi connectivity index (χ1v) is 7.23. The summed E-state index contributed by atoms with van der Waals surface area (Å²) in [6, 6.07) is 2.95. The molecule has 1 aliphatic carbocycles. The summed E-state index contributed by atoms with van der Waals surface area (Å²) in [5.74, 6) is -0.472. The number of fused-ring (bicyclic) bond motifs is 1. The Labute approximate surface area is 126 Å². The van der Waals surface area contributed by atoms with E-state index in [1.54, 1.807) is 0 Å². The van der Waals surface area contributed by atoms with Crippen LogP contribution in [0.1, 0.15) is 49.4 Å². The minimum Gasteiger partial charge on any atom is -0.486 e. The number of hydrogen-bond acceptors (Lipinski definition) is 5. The number of nitrogens with zero attached hydrogens (tertiary/aromatic N) is 1. The summed E-state index contributed by atoms with van der Waals surface area (Å²) in [6.07, 6.45) is 3.73. The summed E-state index contributed by atoms with van der Waals surface area (Å²) >= 11 is 0. The lowest BCUT2D eigenvalue weighted by molar-refractivity contribution is -0.384. The van der Waals surface area contributed by atoms with Crippen LogP contribution in [-0.2, 0) is 4.79 Å². The van der Waals surface area contributed by atoms with Gasteiger partial charge >= 0.3 is 5.69 Å². The predicted octanol–water partition coefficient (Wildman–Crippen LogP) is 2.83. The van der Waals surface area contributed by atoms with Gasteiger partial charge in [0.15, 0.2) is 5.78 Å². The van der Waals surface area contributed by atoms with Crippen molar-refractivity contribution in [1.82, 2.24) is 0 Å². The van der Waals surface area contributed by atoms with Gasteiger partial charge in [0, 0.05) is 6.92 Å². The molecular formula is C15H16N2O5. The number of ether oxygens (including phenoxy) is 1. The van der Waals surface area contributed by atoms with Crippen molar-refractivity contribution in [2.24, 2.45) is 0 Å². The van der Waals surface area contributed by atoms with Crippen LogP contribution in [0.2, 0.25) is 0 Å². The Kier molecular flexibility index (Phi) is 3.35. The van der Waals surface area contributed by atoms with Crippen LogP contribution in [-0.4, -0.2) is 22.2 Å². The lowest BCUT2D eigenvalue weighted by Gasteiger charge is -2.34. The zero-order valence-corrected chi connectivity index (χ0v) is 12.2. The molecule has 1 N–H and O–H groups in total. The highest BCUT2D eigenvalue weighted by Gasteiger charge is 2.45. The normalized spacial score (nSPS) is 18.7. The lowest BCUT2D eigenvalue weighted by Crippen LogP contribution is -2.39. The standard InChI is InChI=1S/C15H16N2O5/c1-9(18)16-10-4-5-12-13(14(10)17(20)21)11(19)8-15(22-12)6-2-3-7-15/h4-5H,2-3,6-8H2,1H3,(H,16,18). The number of nitro groups is 1. The monoisotopic (exact) mass is 304 g/mol. The molecule has 116 valence electrons. The highest BCUT2D eigenvalue weighted by Crippen LogP contribution is 2.47. The molecule has 0 atom stereocenters. The van der Waals surface area contributed by atoms with E-state index in [1.807, 2.05) is 0 Å². The Hall–Kier alpha value is -2.44. The molecule has 1 heterocycles. The predicted molar refractivity (Wildman–Crippen MR) is 78.2 cm³/mol. The van der Waals surface area contributed by atoms with Gasteiger partial charge in [0.05, 0.1) is 11.3 Å². The van der Waals surface area contributed by atoms with Gasteiger partial charge in [-0.3, -0.25) is 19.7 Å². The van der Waals surface area contributed by atoms with E-state index in [0.717, 1.165) is 25.7 Å². The zero-order chi connectivity index (χ0) is 15.9. The maximum absolute atomic E-state index is 12.5. The van der Waals surface area contributed by atoms with Crippen LogP contribution < -0.4 is 10.1 Å². The lowest BCUT2D eigenvalue weighted by atomic mass is 9.87. The van der Waals surface area contributed by atoms with E-state index in [0.29, 0.717) is 0 Å². The van der Waals surface area contributed by atoms with Crippen LogP contribution in [0, 0.1) is 10.1 Å². The van der Waals surface area contributed by atoms with Gasteiger partial charge in [0.25, 0.3) is 0 Å². The van der Waals surface area contributed by atoms with Gasteiger partial charge in [-0.05, 0) is 37.8 Å². The van der Waals surface area contributed by atoms with Crippen molar-refractivity contribution in [1.29, 1.82) is 0 Å². The summed E-state index contributed by atoms with van der Waals surface area (Å²) in [7, 11) is 0. The highest BCUT2D eigenvalue weighted by atomic mass is 16.6. The van der Waals surface area contributed by atoms with Crippen molar-refractivity contribution >= 4 is 23.1 Å². The highest BCUT2D eigenvalue weighted by molar-refractivity contribution is 6.07. The fourth-order valence-electron chi connectivity index (χ4n) is 3.36. The van der Waals surface area contributed by atoms with Crippen molar-refractivity contribution < 1.29 is 19.2 Å². The molecule has 1 aromatic rings. The molecule has 7 heteroatoms. The quantitative estimate of drug-likeness (QED) is 0.669. The van der Waals surface area contributed by atoms with E-state index < -0.39 is 16.4 Å². The second-order valence-corrected chi connectivity index (χ2v) is 5.87. The number of nitro benzene ring substituents is 1. The first-order chi connectivity index (χ1) is 10.4. The number of rotatable bonds is 2. The van der Waals surface area contributed by atoms with E-state index in [1.165, 1.54) is 19.1 Å². The molecule has 0 aromatic heterocycles. The Morgan fingerprint density at radius 3 is 2.64 bits per heavy atom. The van der Waals surface area contributed by atoms with Crippen LogP contribution in [0.4, 0.5) is 11.4 Å². The first-order valence-electron chi connectivity index (χ1n) is 7.23. The summed E-state index contributed by atoms with van der Waals surface area (Å²) in [4.78, 5) is 34.4.